The Balaban J connectivity index is 0.769. The fourth-order valence-corrected chi connectivity index (χ4v) is 15.7. The number of unbranched alkanes of at least 4 members (excludes halogenated alkanes) is 11. The topological polar surface area (TPSA) is 210 Å². The molecule has 0 aromatic rings. The van der Waals surface area contributed by atoms with E-state index < -0.39 is 70.6 Å². The molecule has 0 spiro atoms. The molecular formula is C64H96O17. The van der Waals surface area contributed by atoms with Crippen molar-refractivity contribution in [2.24, 2.45) is 5.92 Å². The highest BCUT2D eigenvalue weighted by Gasteiger charge is 2.64. The Morgan fingerprint density at radius 1 is 0.741 bits per heavy atom. The summed E-state index contributed by atoms with van der Waals surface area (Å²) in [6, 6.07) is 0. The Morgan fingerprint density at radius 2 is 1.44 bits per heavy atom. The van der Waals surface area contributed by atoms with Crippen molar-refractivity contribution in [3.63, 3.8) is 0 Å². The lowest BCUT2D eigenvalue weighted by Gasteiger charge is -2.60. The predicted octanol–water partition coefficient (Wildman–Crippen LogP) is 9.42. The quantitative estimate of drug-likeness (QED) is 0.0360. The number of aldehydes is 1. The standard InChI is InChI=1S/C64H96O17/c1-38(29-44-49(71-27-20-18-16-14-12-10-9-11-13-15-17-19-26-65)36-62(6)51(74-44)34-48-58(80-62)39(2)30-56(68)76-48)57-42(66)23-25-61(5)52(77-57)35-53-63(7,81-61)37-55-60(4,79-53)24-21-22-43-45(75-55)32-47-46(73-43)33-54-64(8,78-47)50(67)31-41(72-54)28-40(3)59(69)70/h21-22,26,30,38,41,43-55,57-58,67H,3,9-20,23-25,27-29,31-37H2,1-2,4-8H3,(H,69,70). The molecule has 10 rings (SSSR count). The summed E-state index contributed by atoms with van der Waals surface area (Å²) in [5, 5.41) is 21.0. The first-order valence-electron chi connectivity index (χ1n) is 31.3. The fourth-order valence-electron chi connectivity index (χ4n) is 15.7. The third kappa shape index (κ3) is 13.2. The van der Waals surface area contributed by atoms with Crippen LogP contribution in [0.25, 0.3) is 0 Å². The maximum atomic E-state index is 14.5. The van der Waals surface area contributed by atoms with E-state index in [-0.39, 0.29) is 97.1 Å². The van der Waals surface area contributed by atoms with Gasteiger partial charge in [-0.1, -0.05) is 83.4 Å². The molecule has 0 saturated carbocycles. The van der Waals surface area contributed by atoms with Gasteiger partial charge in [0.2, 0.25) is 0 Å². The van der Waals surface area contributed by atoms with Crippen LogP contribution in [0.5, 0.6) is 0 Å². The number of aliphatic carboxylic acids is 1. The number of carbonyl (C=O) groups excluding carboxylic acids is 3. The number of hydrogen-bond donors (Lipinski definition) is 2. The van der Waals surface area contributed by atoms with Gasteiger partial charge in [0.15, 0.2) is 5.78 Å². The molecule has 17 heteroatoms. The van der Waals surface area contributed by atoms with Gasteiger partial charge < -0.3 is 67.1 Å². The average Bonchev–Trinajstić information content (AvgIpc) is 3.59. The van der Waals surface area contributed by atoms with E-state index in [2.05, 4.69) is 53.3 Å². The van der Waals surface area contributed by atoms with Crippen molar-refractivity contribution in [1.82, 2.24) is 0 Å². The number of esters is 1. The minimum absolute atomic E-state index is 0.0425. The zero-order valence-electron chi connectivity index (χ0n) is 49.5. The van der Waals surface area contributed by atoms with Gasteiger partial charge in [-0.2, -0.15) is 0 Å². The normalized spacial score (nSPS) is 45.0. The van der Waals surface area contributed by atoms with E-state index in [1.54, 1.807) is 0 Å². The van der Waals surface area contributed by atoms with Gasteiger partial charge in [0.05, 0.1) is 95.7 Å². The number of hydrogen-bond acceptors (Lipinski definition) is 16. The molecule has 0 radical (unpaired) electrons. The van der Waals surface area contributed by atoms with Gasteiger partial charge in [-0.15, -0.1) is 0 Å². The third-order valence-electron chi connectivity index (χ3n) is 20.7. The summed E-state index contributed by atoms with van der Waals surface area (Å²) in [5.41, 5.74) is -3.03. The first-order valence-corrected chi connectivity index (χ1v) is 31.3. The molecule has 2 N–H and O–H groups in total. The number of carbonyl (C=O) groups is 4. The molecule has 10 aliphatic heterocycles. The van der Waals surface area contributed by atoms with Crippen molar-refractivity contribution in [2.45, 2.75) is 328 Å². The summed E-state index contributed by atoms with van der Waals surface area (Å²) in [7, 11) is 0. The number of ketones is 1. The predicted molar refractivity (Wildman–Crippen MR) is 297 cm³/mol. The van der Waals surface area contributed by atoms with Crippen molar-refractivity contribution < 1.29 is 81.5 Å². The molecule has 10 heterocycles. The van der Waals surface area contributed by atoms with E-state index >= 15 is 0 Å². The van der Waals surface area contributed by atoms with Crippen LogP contribution in [0, 0.1) is 5.92 Å². The highest BCUT2D eigenvalue weighted by molar-refractivity contribution is 5.86. The van der Waals surface area contributed by atoms with Gasteiger partial charge >= 0.3 is 11.9 Å². The highest BCUT2D eigenvalue weighted by Crippen LogP contribution is 2.54. The van der Waals surface area contributed by atoms with Crippen LogP contribution in [0.3, 0.4) is 0 Å². The Hall–Kier alpha value is -2.94. The summed E-state index contributed by atoms with van der Waals surface area (Å²) in [6.45, 7) is 18.6. The van der Waals surface area contributed by atoms with Crippen molar-refractivity contribution >= 4 is 24.0 Å². The van der Waals surface area contributed by atoms with Crippen LogP contribution < -0.4 is 0 Å². The molecule has 0 aliphatic carbocycles. The van der Waals surface area contributed by atoms with E-state index in [0.29, 0.717) is 77.2 Å². The van der Waals surface area contributed by atoms with Crippen LogP contribution in [-0.2, 0) is 71.3 Å². The van der Waals surface area contributed by atoms with Gasteiger partial charge in [-0.25, -0.2) is 9.59 Å². The lowest BCUT2D eigenvalue weighted by molar-refractivity contribution is -0.356. The summed E-state index contributed by atoms with van der Waals surface area (Å²) in [4.78, 5) is 49.2. The second kappa shape index (κ2) is 25.2. The minimum Gasteiger partial charge on any atom is -0.478 e. The molecule has 0 aromatic heterocycles. The lowest BCUT2D eigenvalue weighted by atomic mass is 9.72. The Bertz CT molecular complexity index is 2320. The lowest BCUT2D eigenvalue weighted by Crippen LogP contribution is -2.70. The second-order valence-electron chi connectivity index (χ2n) is 27.2. The molecule has 0 amide bonds. The van der Waals surface area contributed by atoms with Crippen LogP contribution in [-0.4, -0.2) is 166 Å². The first-order chi connectivity index (χ1) is 38.6. The van der Waals surface area contributed by atoms with Gasteiger partial charge in [-0.05, 0) is 85.1 Å². The molecule has 8 fully saturated rings. The monoisotopic (exact) mass is 1140 g/mol. The SMILES string of the molecule is C=C(CC1CC(O)C2(C)OC3CC4OC5CC6(C)OC7(C)CCC(=O)C(C(C)CC8OC9CC%10OC(=O)C=C(C)C%10OC9(C)CC8OCCCCCCCCCCCCCC=O)OC7CC6OC5(C)CC=CC4OC3CC2O1)C(=O)O. The number of Topliss-reactive ketones (excluding diaryl/α,β-unsaturated/α-hetero) is 1. The number of rotatable bonds is 21. The van der Waals surface area contributed by atoms with Gasteiger partial charge in [0.1, 0.15) is 36.3 Å². The van der Waals surface area contributed by atoms with Crippen molar-refractivity contribution in [3.05, 3.63) is 36.0 Å². The molecule has 454 valence electrons. The Labute approximate surface area is 480 Å². The molecule has 0 aromatic carbocycles. The molecule has 0 bridgehead atoms. The molecule has 10 aliphatic rings. The smallest absolute Gasteiger partial charge is 0.331 e. The van der Waals surface area contributed by atoms with Gasteiger partial charge in [-0.3, -0.25) is 4.79 Å². The molecule has 17 nitrogen and oxygen atoms in total. The fraction of sp³-hybridized carbons (Fsp3) is 0.844. The Kier molecular flexibility index (Phi) is 19.0. The third-order valence-corrected chi connectivity index (χ3v) is 20.7. The van der Waals surface area contributed by atoms with E-state index in [0.717, 1.165) is 37.5 Å². The van der Waals surface area contributed by atoms with Crippen LogP contribution in [0.2, 0.25) is 0 Å². The highest BCUT2D eigenvalue weighted by atomic mass is 16.6. The number of ether oxygens (including phenoxy) is 11. The molecule has 22 unspecified atom stereocenters. The van der Waals surface area contributed by atoms with Crippen LogP contribution in [0.1, 0.15) is 203 Å². The summed E-state index contributed by atoms with van der Waals surface area (Å²) in [6.07, 6.45) is 18.8. The first kappa shape index (κ1) is 61.2. The van der Waals surface area contributed by atoms with Crippen LogP contribution in [0.4, 0.5) is 0 Å². The number of aliphatic hydroxyl groups excluding tert-OH is 1. The second-order valence-corrected chi connectivity index (χ2v) is 27.2. The number of fused-ring (bicyclic) bond motifs is 8. The Morgan fingerprint density at radius 3 is 2.17 bits per heavy atom. The maximum absolute atomic E-state index is 14.5. The van der Waals surface area contributed by atoms with E-state index in [4.69, 9.17) is 52.1 Å². The van der Waals surface area contributed by atoms with Gasteiger partial charge in [0.25, 0.3) is 0 Å². The van der Waals surface area contributed by atoms with Gasteiger partial charge in [0, 0.05) is 82.5 Å². The summed E-state index contributed by atoms with van der Waals surface area (Å²) < 4.78 is 75.3. The van der Waals surface area contributed by atoms with Crippen molar-refractivity contribution in [2.75, 3.05) is 6.61 Å². The molecule has 22 atom stereocenters. The van der Waals surface area contributed by atoms with Crippen LogP contribution >= 0.6 is 0 Å². The molecule has 81 heavy (non-hydrogen) atoms. The van der Waals surface area contributed by atoms with Crippen LogP contribution in [0.15, 0.2) is 36.0 Å². The summed E-state index contributed by atoms with van der Waals surface area (Å²) >= 11 is 0. The number of aliphatic hydroxyl groups is 1. The maximum Gasteiger partial charge on any atom is 0.331 e. The number of carboxylic acid groups (broad SMARTS) is 1. The zero-order valence-corrected chi connectivity index (χ0v) is 49.5. The van der Waals surface area contributed by atoms with E-state index in [1.807, 2.05) is 13.8 Å². The minimum atomic E-state index is -1.08. The van der Waals surface area contributed by atoms with Crippen molar-refractivity contribution in [3.8, 4) is 0 Å². The molecule has 8 saturated heterocycles. The average molecular weight is 1140 g/mol. The number of carboxylic acids is 1. The van der Waals surface area contributed by atoms with Crippen molar-refractivity contribution in [1.29, 1.82) is 0 Å². The van der Waals surface area contributed by atoms with E-state index in [9.17, 15) is 29.4 Å². The summed E-state index contributed by atoms with van der Waals surface area (Å²) in [5.74, 6) is -1.61. The largest absolute Gasteiger partial charge is 0.478 e. The zero-order chi connectivity index (χ0) is 57.5. The molecular weight excluding hydrogens is 1040 g/mol. The van der Waals surface area contributed by atoms with E-state index in [1.165, 1.54) is 51.0 Å².